The zero-order valence-corrected chi connectivity index (χ0v) is 27.3. The summed E-state index contributed by atoms with van der Waals surface area (Å²) in [6, 6.07) is 5.03. The van der Waals surface area contributed by atoms with Crippen molar-refractivity contribution in [3.8, 4) is 23.2 Å². The van der Waals surface area contributed by atoms with Gasteiger partial charge in [-0.2, -0.15) is 28.4 Å². The first-order valence-corrected chi connectivity index (χ1v) is 16.5. The Morgan fingerprint density at radius 2 is 1.89 bits per heavy atom. The minimum absolute atomic E-state index is 0.0681. The summed E-state index contributed by atoms with van der Waals surface area (Å²) in [5, 5.41) is 9.20. The van der Waals surface area contributed by atoms with Gasteiger partial charge in [0.15, 0.2) is 5.82 Å². The van der Waals surface area contributed by atoms with E-state index in [9.17, 15) is 27.2 Å². The SMILES string of the molecule is CC.CCN(c1nc(OC)nc2c(F)c(-c3ccc(F)c4sc(N)c(C#N)c34)c(C(F)(F)F)cc12)C1CC1.FC1CC2CCCN2C1. The van der Waals surface area contributed by atoms with Crippen LogP contribution in [0.2, 0.25) is 0 Å². The quantitative estimate of drug-likeness (QED) is 0.212. The van der Waals surface area contributed by atoms with E-state index in [1.807, 2.05) is 20.8 Å². The van der Waals surface area contributed by atoms with Crippen molar-refractivity contribution in [2.75, 3.05) is 37.4 Å². The van der Waals surface area contributed by atoms with Gasteiger partial charge in [-0.25, -0.2) is 13.2 Å². The summed E-state index contributed by atoms with van der Waals surface area (Å²) in [7, 11) is 1.28. The number of aromatic nitrogens is 2. The van der Waals surface area contributed by atoms with Crippen LogP contribution in [0.5, 0.6) is 6.01 Å². The Hall–Kier alpha value is -3.83. The first-order valence-electron chi connectivity index (χ1n) is 15.7. The van der Waals surface area contributed by atoms with Crippen molar-refractivity contribution in [2.24, 2.45) is 0 Å². The smallest absolute Gasteiger partial charge is 0.417 e. The van der Waals surface area contributed by atoms with Gasteiger partial charge in [-0.3, -0.25) is 4.90 Å². The Bertz CT molecular complexity index is 1810. The van der Waals surface area contributed by atoms with Gasteiger partial charge in [0, 0.05) is 41.5 Å². The molecule has 0 radical (unpaired) electrons. The standard InChI is InChI=1S/C24H18F5N5OS.C7H12FN.C2H6/c1-3-34(10-4-5-10)22-12-8-14(24(27,28)29)17(18(26)19(12)32-23(33-22)35-2)11-6-7-15(25)20-16(11)13(9-30)21(31)36-20;8-6-4-7-2-1-3-9(7)5-6;1-2/h6-8,10H,3-5,31H2,1-2H3;6-7H,1-5H2;1-2H3. The van der Waals surface area contributed by atoms with E-state index in [0.717, 1.165) is 44.0 Å². The average molecular weight is 679 g/mol. The predicted molar refractivity (Wildman–Crippen MR) is 172 cm³/mol. The number of thiophene rings is 1. The number of nitrogen functional groups attached to an aromatic ring is 1. The highest BCUT2D eigenvalue weighted by Crippen LogP contribution is 2.48. The van der Waals surface area contributed by atoms with Gasteiger partial charge in [0.1, 0.15) is 34.4 Å². The molecule has 7 rings (SSSR count). The number of anilines is 2. The summed E-state index contributed by atoms with van der Waals surface area (Å²) in [6.45, 7) is 8.12. The molecule has 4 aromatic rings. The number of hydrogen-bond donors (Lipinski definition) is 1. The molecule has 7 nitrogen and oxygen atoms in total. The molecule has 4 heterocycles. The second kappa shape index (κ2) is 13.7. The minimum Gasteiger partial charge on any atom is -0.467 e. The Labute approximate surface area is 272 Å². The van der Waals surface area contributed by atoms with Crippen LogP contribution in [0.1, 0.15) is 64.0 Å². The maximum atomic E-state index is 16.2. The summed E-state index contributed by atoms with van der Waals surface area (Å²) in [6.07, 6.45) is -0.516. The zero-order chi connectivity index (χ0) is 34.2. The fraction of sp³-hybridized carbons (Fsp3) is 0.485. The van der Waals surface area contributed by atoms with Crippen LogP contribution >= 0.6 is 11.3 Å². The topological polar surface area (TPSA) is 91.3 Å². The molecule has 2 aromatic carbocycles. The van der Waals surface area contributed by atoms with E-state index in [1.165, 1.54) is 20.0 Å². The molecule has 3 aliphatic rings. The van der Waals surface area contributed by atoms with Crippen molar-refractivity contribution in [3.63, 3.8) is 0 Å². The predicted octanol–water partition coefficient (Wildman–Crippen LogP) is 8.48. The number of ether oxygens (including phenoxy) is 1. The highest BCUT2D eigenvalue weighted by molar-refractivity contribution is 7.23. The number of fused-ring (bicyclic) bond motifs is 3. The van der Waals surface area contributed by atoms with E-state index in [1.54, 1.807) is 11.0 Å². The molecule has 2 aromatic heterocycles. The van der Waals surface area contributed by atoms with Crippen LogP contribution in [0.4, 0.5) is 37.2 Å². The van der Waals surface area contributed by atoms with E-state index in [4.69, 9.17) is 10.5 Å². The maximum Gasteiger partial charge on any atom is 0.417 e. The van der Waals surface area contributed by atoms with Crippen molar-refractivity contribution < 1.29 is 31.1 Å². The number of nitriles is 1. The maximum absolute atomic E-state index is 16.2. The monoisotopic (exact) mass is 678 g/mol. The average Bonchev–Trinajstić information content (AvgIpc) is 3.54. The molecule has 0 bridgehead atoms. The van der Waals surface area contributed by atoms with Crippen molar-refractivity contribution >= 4 is 43.1 Å². The van der Waals surface area contributed by atoms with Crippen molar-refractivity contribution in [3.05, 3.63) is 41.0 Å². The summed E-state index contributed by atoms with van der Waals surface area (Å²) in [5.41, 5.74) is 2.79. The molecule has 1 aliphatic carbocycles. The van der Waals surface area contributed by atoms with Gasteiger partial charge in [-0.1, -0.05) is 19.9 Å². The van der Waals surface area contributed by atoms with Crippen LogP contribution in [-0.4, -0.2) is 59.9 Å². The molecular weight excluding hydrogens is 642 g/mol. The van der Waals surface area contributed by atoms with Crippen LogP contribution in [0.25, 0.3) is 32.1 Å². The number of benzene rings is 2. The Morgan fingerprint density at radius 1 is 1.17 bits per heavy atom. The third-order valence-electron chi connectivity index (χ3n) is 8.64. The molecule has 0 amide bonds. The first kappa shape index (κ1) is 34.5. The number of nitrogens with zero attached hydrogens (tertiary/aromatic N) is 5. The normalized spacial score (nSPS) is 19.1. The minimum atomic E-state index is -4.99. The zero-order valence-electron chi connectivity index (χ0n) is 26.5. The third kappa shape index (κ3) is 6.52. The second-order valence-electron chi connectivity index (χ2n) is 11.4. The van der Waals surface area contributed by atoms with Crippen LogP contribution in [0.3, 0.4) is 0 Å². The first-order chi connectivity index (χ1) is 22.5. The Morgan fingerprint density at radius 3 is 2.49 bits per heavy atom. The largest absolute Gasteiger partial charge is 0.467 e. The van der Waals surface area contributed by atoms with Crippen molar-refractivity contribution in [2.45, 2.75) is 77.3 Å². The molecule has 1 saturated carbocycles. The summed E-state index contributed by atoms with van der Waals surface area (Å²) >= 11 is 0.711. The molecule has 2 unspecified atom stereocenters. The van der Waals surface area contributed by atoms with E-state index >= 15 is 4.39 Å². The summed E-state index contributed by atoms with van der Waals surface area (Å²) in [4.78, 5) is 12.4. The molecule has 2 aliphatic heterocycles. The van der Waals surface area contributed by atoms with Gasteiger partial charge in [-0.05, 0) is 63.3 Å². The van der Waals surface area contributed by atoms with Gasteiger partial charge in [0.2, 0.25) is 0 Å². The van der Waals surface area contributed by atoms with Gasteiger partial charge < -0.3 is 15.4 Å². The molecule has 14 heteroatoms. The lowest BCUT2D eigenvalue weighted by atomic mass is 9.92. The van der Waals surface area contributed by atoms with Gasteiger partial charge in [0.05, 0.1) is 22.9 Å². The van der Waals surface area contributed by atoms with Crippen molar-refractivity contribution in [1.82, 2.24) is 14.9 Å². The fourth-order valence-corrected chi connectivity index (χ4v) is 7.44. The highest BCUT2D eigenvalue weighted by Gasteiger charge is 2.39. The Kier molecular flexibility index (Phi) is 10.1. The van der Waals surface area contributed by atoms with E-state index in [2.05, 4.69) is 14.9 Å². The number of hydrogen-bond acceptors (Lipinski definition) is 8. The molecular formula is C33H36F6N6OS. The van der Waals surface area contributed by atoms with E-state index < -0.39 is 35.1 Å². The van der Waals surface area contributed by atoms with E-state index in [-0.39, 0.29) is 55.0 Å². The van der Waals surface area contributed by atoms with Crippen LogP contribution in [-0.2, 0) is 6.18 Å². The fourth-order valence-electron chi connectivity index (χ4n) is 6.49. The third-order valence-corrected chi connectivity index (χ3v) is 9.66. The molecule has 252 valence electrons. The van der Waals surface area contributed by atoms with E-state index in [0.29, 0.717) is 30.5 Å². The van der Waals surface area contributed by atoms with Crippen LogP contribution in [0, 0.1) is 23.0 Å². The molecule has 3 fully saturated rings. The number of alkyl halides is 4. The Balaban J connectivity index is 0.000000333. The van der Waals surface area contributed by atoms with Gasteiger partial charge >= 0.3 is 12.2 Å². The molecule has 0 spiro atoms. The molecule has 2 N–H and O–H groups in total. The number of nitrogens with two attached hydrogens (primary N) is 1. The number of methoxy groups -OCH3 is 1. The number of rotatable bonds is 5. The summed E-state index contributed by atoms with van der Waals surface area (Å²) in [5.74, 6) is -1.93. The van der Waals surface area contributed by atoms with Gasteiger partial charge in [0.25, 0.3) is 0 Å². The molecule has 2 saturated heterocycles. The lowest BCUT2D eigenvalue weighted by Gasteiger charge is -2.25. The van der Waals surface area contributed by atoms with Crippen LogP contribution < -0.4 is 15.4 Å². The van der Waals surface area contributed by atoms with Gasteiger partial charge in [-0.15, -0.1) is 11.3 Å². The highest BCUT2D eigenvalue weighted by atomic mass is 32.1. The lowest BCUT2D eigenvalue weighted by Crippen LogP contribution is -2.27. The lowest BCUT2D eigenvalue weighted by molar-refractivity contribution is -0.137. The summed E-state index contributed by atoms with van der Waals surface area (Å²) < 4.78 is 91.7. The molecule has 47 heavy (non-hydrogen) atoms. The van der Waals surface area contributed by atoms with Crippen molar-refractivity contribution in [1.29, 1.82) is 5.26 Å². The second-order valence-corrected chi connectivity index (χ2v) is 12.5. The molecule has 2 atom stereocenters. The van der Waals surface area contributed by atoms with Crippen LogP contribution in [0.15, 0.2) is 18.2 Å². The number of halogens is 6.